The summed E-state index contributed by atoms with van der Waals surface area (Å²) in [6.45, 7) is 1.85. The number of anilines is 1. The van der Waals surface area contributed by atoms with E-state index in [0.717, 1.165) is 11.4 Å². The van der Waals surface area contributed by atoms with Crippen molar-refractivity contribution in [2.45, 2.75) is 13.0 Å². The Kier molecular flexibility index (Phi) is 3.45. The van der Waals surface area contributed by atoms with Crippen molar-refractivity contribution in [2.24, 2.45) is 10.9 Å². The van der Waals surface area contributed by atoms with Gasteiger partial charge in [0.05, 0.1) is 0 Å². The van der Waals surface area contributed by atoms with E-state index in [1.807, 2.05) is 55.6 Å². The number of H-pyrrole nitrogens is 1. The summed E-state index contributed by atoms with van der Waals surface area (Å²) in [5.74, 6) is -0.0860. The molecule has 3 aromatic rings. The molecule has 2 unspecified atom stereocenters. The molecule has 0 bridgehead atoms. The number of rotatable bonds is 3. The summed E-state index contributed by atoms with van der Waals surface area (Å²) in [6.07, 6.45) is 3.29. The van der Waals surface area contributed by atoms with Gasteiger partial charge in [-0.25, -0.2) is 9.67 Å². The molecule has 0 aliphatic carbocycles. The van der Waals surface area contributed by atoms with E-state index in [0.29, 0.717) is 11.7 Å². The average molecular weight is 320 g/mol. The van der Waals surface area contributed by atoms with Gasteiger partial charge >= 0.3 is 0 Å². The molecular weight excluding hydrogens is 304 g/mol. The van der Waals surface area contributed by atoms with Gasteiger partial charge in [0, 0.05) is 23.3 Å². The molecule has 0 radical (unpaired) electrons. The van der Waals surface area contributed by atoms with Gasteiger partial charge in [0.2, 0.25) is 11.9 Å². The highest BCUT2D eigenvalue weighted by Gasteiger charge is 2.39. The third-order valence-corrected chi connectivity index (χ3v) is 4.12. The number of aliphatic imine (C=N–C) groups is 1. The summed E-state index contributed by atoms with van der Waals surface area (Å²) in [5, 5.41) is 7.23. The fourth-order valence-corrected chi connectivity index (χ4v) is 3.03. The van der Waals surface area contributed by atoms with Crippen molar-refractivity contribution >= 4 is 23.3 Å². The molecule has 0 saturated carbocycles. The fourth-order valence-electron chi connectivity index (χ4n) is 3.03. The molecule has 1 amide bonds. The Morgan fingerprint density at radius 1 is 1.21 bits per heavy atom. The van der Waals surface area contributed by atoms with E-state index in [4.69, 9.17) is 0 Å². The number of nitrogens with zero attached hydrogens (tertiary/aromatic N) is 4. The van der Waals surface area contributed by atoms with Crippen molar-refractivity contribution in [3.05, 3.63) is 60.7 Å². The highest BCUT2D eigenvalue weighted by atomic mass is 16.2. The second kappa shape index (κ2) is 5.77. The maximum absolute atomic E-state index is 12.9. The molecule has 120 valence electrons. The molecular formula is C17H16N6O. The Bertz CT molecular complexity index is 881. The molecule has 24 heavy (non-hydrogen) atoms. The van der Waals surface area contributed by atoms with E-state index in [2.05, 4.69) is 25.4 Å². The summed E-state index contributed by atoms with van der Waals surface area (Å²) in [5.41, 5.74) is 2.36. The number of carbonyl (C=O) groups is 1. The van der Waals surface area contributed by atoms with Crippen LogP contribution in [0.5, 0.6) is 0 Å². The minimum absolute atomic E-state index is 0.122. The molecule has 4 rings (SSSR count). The van der Waals surface area contributed by atoms with Crippen LogP contribution in [0.15, 0.2) is 60.0 Å². The van der Waals surface area contributed by atoms with Crippen molar-refractivity contribution in [1.82, 2.24) is 19.7 Å². The Morgan fingerprint density at radius 2 is 2.04 bits per heavy atom. The predicted octanol–water partition coefficient (Wildman–Crippen LogP) is 2.56. The van der Waals surface area contributed by atoms with Crippen LogP contribution in [-0.4, -0.2) is 31.4 Å². The van der Waals surface area contributed by atoms with Crippen molar-refractivity contribution in [3.8, 4) is 0 Å². The summed E-state index contributed by atoms with van der Waals surface area (Å²) in [4.78, 5) is 24.7. The van der Waals surface area contributed by atoms with Gasteiger partial charge in [-0.15, -0.1) is 0 Å². The van der Waals surface area contributed by atoms with Gasteiger partial charge in [0.15, 0.2) is 0 Å². The molecule has 1 aliphatic rings. The number of nitrogens with one attached hydrogen (secondary N) is 2. The predicted molar refractivity (Wildman–Crippen MR) is 90.3 cm³/mol. The summed E-state index contributed by atoms with van der Waals surface area (Å²) >= 11 is 0. The van der Waals surface area contributed by atoms with Crippen molar-refractivity contribution in [1.29, 1.82) is 0 Å². The number of hydrogen-bond acceptors (Lipinski definition) is 4. The number of fused-ring (bicyclic) bond motifs is 1. The summed E-state index contributed by atoms with van der Waals surface area (Å²) in [7, 11) is 0. The monoisotopic (exact) mass is 320 g/mol. The molecule has 1 aromatic carbocycles. The first-order chi connectivity index (χ1) is 11.7. The first-order valence-electron chi connectivity index (χ1n) is 7.68. The molecule has 7 heteroatoms. The zero-order valence-electron chi connectivity index (χ0n) is 13.0. The Morgan fingerprint density at radius 3 is 2.79 bits per heavy atom. The third-order valence-electron chi connectivity index (χ3n) is 4.12. The van der Waals surface area contributed by atoms with Gasteiger partial charge in [0.1, 0.15) is 18.3 Å². The topological polar surface area (TPSA) is 88.0 Å². The smallest absolute Gasteiger partial charge is 0.248 e. The molecule has 3 heterocycles. The lowest BCUT2D eigenvalue weighted by molar-refractivity contribution is -0.118. The number of hydrogen-bond donors (Lipinski definition) is 2. The maximum Gasteiger partial charge on any atom is 0.248 e. The first kappa shape index (κ1) is 14.4. The van der Waals surface area contributed by atoms with Crippen LogP contribution < -0.4 is 5.32 Å². The Labute approximate surface area is 138 Å². The number of aromatic amines is 1. The average Bonchev–Trinajstić information content (AvgIpc) is 3.25. The van der Waals surface area contributed by atoms with E-state index in [9.17, 15) is 4.79 Å². The van der Waals surface area contributed by atoms with Gasteiger partial charge < -0.3 is 10.3 Å². The summed E-state index contributed by atoms with van der Waals surface area (Å²) in [6, 6.07) is 12.9. The second-order valence-electron chi connectivity index (χ2n) is 5.66. The Balaban J connectivity index is 1.73. The molecule has 0 spiro atoms. The van der Waals surface area contributed by atoms with Crippen molar-refractivity contribution < 1.29 is 4.79 Å². The molecule has 2 aromatic heterocycles. The minimum atomic E-state index is -0.474. The lowest BCUT2D eigenvalue weighted by Gasteiger charge is -2.29. The van der Waals surface area contributed by atoms with Crippen LogP contribution in [0.25, 0.3) is 0 Å². The van der Waals surface area contributed by atoms with E-state index in [1.165, 1.54) is 6.33 Å². The number of benzene rings is 1. The van der Waals surface area contributed by atoms with Crippen LogP contribution in [0, 0.1) is 5.92 Å². The van der Waals surface area contributed by atoms with Gasteiger partial charge in [0.25, 0.3) is 0 Å². The zero-order valence-corrected chi connectivity index (χ0v) is 13.0. The van der Waals surface area contributed by atoms with Crippen LogP contribution in [0.1, 0.15) is 18.7 Å². The molecule has 7 nitrogen and oxygen atoms in total. The molecule has 2 atom stereocenters. The normalized spacial score (nSPS) is 19.5. The largest absolute Gasteiger partial charge is 0.363 e. The van der Waals surface area contributed by atoms with Crippen LogP contribution in [0.2, 0.25) is 0 Å². The fraction of sp³-hybridized carbons (Fsp3) is 0.176. The van der Waals surface area contributed by atoms with Crippen LogP contribution in [0.4, 0.5) is 11.6 Å². The SMILES string of the molecule is CC1=Nc2ncnn2C(c2ccc[nH]2)C1C(=O)Nc1ccccc1. The lowest BCUT2D eigenvalue weighted by atomic mass is 9.90. The molecule has 1 aliphatic heterocycles. The molecule has 0 fully saturated rings. The van der Waals surface area contributed by atoms with Crippen LogP contribution >= 0.6 is 0 Å². The lowest BCUT2D eigenvalue weighted by Crippen LogP contribution is -2.39. The Hall–Kier alpha value is -3.22. The third kappa shape index (κ3) is 2.40. The van der Waals surface area contributed by atoms with E-state index >= 15 is 0 Å². The number of aromatic nitrogens is 4. The number of carbonyl (C=O) groups excluding carboxylic acids is 1. The van der Waals surface area contributed by atoms with Crippen molar-refractivity contribution in [2.75, 3.05) is 5.32 Å². The highest BCUT2D eigenvalue weighted by Crippen LogP contribution is 2.34. The highest BCUT2D eigenvalue weighted by molar-refractivity contribution is 6.10. The molecule has 2 N–H and O–H groups in total. The number of para-hydroxylation sites is 1. The van der Waals surface area contributed by atoms with Gasteiger partial charge in [-0.2, -0.15) is 10.1 Å². The molecule has 0 saturated heterocycles. The van der Waals surface area contributed by atoms with Gasteiger partial charge in [-0.3, -0.25) is 4.79 Å². The van der Waals surface area contributed by atoms with Gasteiger partial charge in [-0.1, -0.05) is 18.2 Å². The van der Waals surface area contributed by atoms with E-state index in [1.54, 1.807) is 4.68 Å². The van der Waals surface area contributed by atoms with E-state index < -0.39 is 5.92 Å². The van der Waals surface area contributed by atoms with Crippen LogP contribution in [0.3, 0.4) is 0 Å². The first-order valence-corrected chi connectivity index (χ1v) is 7.68. The second-order valence-corrected chi connectivity index (χ2v) is 5.66. The minimum Gasteiger partial charge on any atom is -0.363 e. The van der Waals surface area contributed by atoms with Gasteiger partial charge in [-0.05, 0) is 31.2 Å². The summed E-state index contributed by atoms with van der Waals surface area (Å²) < 4.78 is 1.69. The van der Waals surface area contributed by atoms with Crippen LogP contribution in [-0.2, 0) is 4.79 Å². The maximum atomic E-state index is 12.9. The zero-order chi connectivity index (χ0) is 16.5. The number of amides is 1. The van der Waals surface area contributed by atoms with Crippen molar-refractivity contribution in [3.63, 3.8) is 0 Å². The standard InChI is InChI=1S/C17H16N6O/c1-11-14(16(24)22-12-6-3-2-4-7-12)15(13-8-5-9-18-13)23-17(21-11)19-10-20-23/h2-10,14-15,18H,1H3,(H,22,24). The van der Waals surface area contributed by atoms with E-state index in [-0.39, 0.29) is 11.9 Å². The quantitative estimate of drug-likeness (QED) is 0.777.